The van der Waals surface area contributed by atoms with Gasteiger partial charge in [-0.1, -0.05) is 36.7 Å². The number of amides is 2. The van der Waals surface area contributed by atoms with Gasteiger partial charge in [0.15, 0.2) is 6.04 Å². The van der Waals surface area contributed by atoms with Gasteiger partial charge in [-0.25, -0.2) is 4.90 Å². The molecule has 0 unspecified atom stereocenters. The maximum Gasteiger partial charge on any atom is 0.292 e. The molecule has 0 spiro atoms. The fourth-order valence-electron chi connectivity index (χ4n) is 4.25. The molecule has 0 aliphatic carbocycles. The van der Waals surface area contributed by atoms with E-state index in [9.17, 15) is 9.59 Å². The monoisotopic (exact) mass is 428 g/mol. The van der Waals surface area contributed by atoms with Crippen molar-refractivity contribution < 1.29 is 19.2 Å². The number of hydrogen-bond acceptors (Lipinski definition) is 4. The van der Waals surface area contributed by atoms with Crippen LogP contribution in [0.4, 0.5) is 11.4 Å². The number of halogens is 1. The highest BCUT2D eigenvalue weighted by Crippen LogP contribution is 2.32. The zero-order valence-electron chi connectivity index (χ0n) is 17.1. The van der Waals surface area contributed by atoms with Gasteiger partial charge in [0.2, 0.25) is 5.91 Å². The lowest BCUT2D eigenvalue weighted by atomic mass is 10.1. The highest BCUT2D eigenvalue weighted by Gasteiger charge is 2.47. The summed E-state index contributed by atoms with van der Waals surface area (Å²) in [4.78, 5) is 30.8. The number of benzene rings is 2. The molecule has 6 nitrogen and oxygen atoms in total. The van der Waals surface area contributed by atoms with Gasteiger partial charge in [0.1, 0.15) is 5.75 Å². The minimum absolute atomic E-state index is 0.126. The molecule has 30 heavy (non-hydrogen) atoms. The van der Waals surface area contributed by atoms with Crippen molar-refractivity contribution in [3.8, 4) is 5.75 Å². The standard InChI is InChI=1S/C23H26ClN3O3/c1-2-14-30-21-9-4-3-8-19(21)27-22(28)16-20(23(27)29)26-12-10-25(11-13-26)18-7-5-6-17(24)15-18/h3-9,15,20H,2,10-14,16H2,1H3/p+1/t20-/m1/s1. The predicted octanol–water partition coefficient (Wildman–Crippen LogP) is 2.17. The molecule has 0 aromatic heterocycles. The summed E-state index contributed by atoms with van der Waals surface area (Å²) in [5.41, 5.74) is 1.65. The van der Waals surface area contributed by atoms with E-state index in [1.54, 1.807) is 6.07 Å². The van der Waals surface area contributed by atoms with Gasteiger partial charge in [-0.15, -0.1) is 0 Å². The maximum absolute atomic E-state index is 13.2. The zero-order chi connectivity index (χ0) is 21.1. The number of rotatable bonds is 6. The first kappa shape index (κ1) is 20.7. The Labute approximate surface area is 182 Å². The number of ether oxygens (including phenoxy) is 1. The smallest absolute Gasteiger partial charge is 0.292 e. The summed E-state index contributed by atoms with van der Waals surface area (Å²) in [6, 6.07) is 14.8. The van der Waals surface area contributed by atoms with Crippen LogP contribution in [-0.2, 0) is 9.59 Å². The number of hydrogen-bond donors (Lipinski definition) is 1. The molecule has 4 rings (SSSR count). The van der Waals surface area contributed by atoms with Gasteiger partial charge in [0.25, 0.3) is 5.91 Å². The van der Waals surface area contributed by atoms with Crippen LogP contribution in [0, 0.1) is 0 Å². The van der Waals surface area contributed by atoms with Crippen molar-refractivity contribution in [1.29, 1.82) is 0 Å². The number of piperazine rings is 1. The summed E-state index contributed by atoms with van der Waals surface area (Å²) in [7, 11) is 0. The Morgan fingerprint density at radius 2 is 1.87 bits per heavy atom. The Morgan fingerprint density at radius 1 is 1.10 bits per heavy atom. The lowest BCUT2D eigenvalue weighted by Crippen LogP contribution is -3.19. The molecule has 2 aliphatic heterocycles. The number of imide groups is 1. The molecule has 2 fully saturated rings. The van der Waals surface area contributed by atoms with Crippen LogP contribution >= 0.6 is 11.6 Å². The maximum atomic E-state index is 13.2. The van der Waals surface area contributed by atoms with E-state index in [-0.39, 0.29) is 24.3 Å². The van der Waals surface area contributed by atoms with E-state index in [4.69, 9.17) is 16.3 Å². The third-order valence-corrected chi connectivity index (χ3v) is 6.02. The molecule has 7 heteroatoms. The molecular formula is C23H27ClN3O3+. The number of carbonyl (C=O) groups excluding carboxylic acids is 2. The van der Waals surface area contributed by atoms with Gasteiger partial charge in [-0.05, 0) is 36.8 Å². The largest absolute Gasteiger partial charge is 0.491 e. The second-order valence-electron chi connectivity index (χ2n) is 7.77. The van der Waals surface area contributed by atoms with E-state index in [1.807, 2.05) is 43.3 Å². The quantitative estimate of drug-likeness (QED) is 0.716. The predicted molar refractivity (Wildman–Crippen MR) is 117 cm³/mol. The molecule has 2 aromatic carbocycles. The van der Waals surface area contributed by atoms with Crippen LogP contribution in [0.25, 0.3) is 0 Å². The molecule has 2 amide bonds. The van der Waals surface area contributed by atoms with Crippen molar-refractivity contribution in [1.82, 2.24) is 0 Å². The van der Waals surface area contributed by atoms with Crippen molar-refractivity contribution in [2.45, 2.75) is 25.8 Å². The van der Waals surface area contributed by atoms with Gasteiger partial charge in [0.05, 0.1) is 44.9 Å². The second kappa shape index (κ2) is 9.06. The van der Waals surface area contributed by atoms with Crippen LogP contribution in [0.3, 0.4) is 0 Å². The summed E-state index contributed by atoms with van der Waals surface area (Å²) >= 11 is 6.12. The molecule has 2 heterocycles. The minimum atomic E-state index is -0.335. The normalized spacial score (nSPS) is 20.1. The second-order valence-corrected chi connectivity index (χ2v) is 8.20. The first-order chi connectivity index (χ1) is 14.6. The SMILES string of the molecule is CCCOc1ccccc1N1C(=O)C[C@@H]([NH+]2CCN(c3cccc(Cl)c3)CC2)C1=O. The van der Waals surface area contributed by atoms with Crippen LogP contribution in [0.1, 0.15) is 19.8 Å². The molecular weight excluding hydrogens is 402 g/mol. The molecule has 0 bridgehead atoms. The van der Waals surface area contributed by atoms with Crippen molar-refractivity contribution >= 4 is 34.8 Å². The van der Waals surface area contributed by atoms with Gasteiger partial charge in [-0.3, -0.25) is 9.59 Å². The average Bonchev–Trinajstić information content (AvgIpc) is 3.06. The van der Waals surface area contributed by atoms with Crippen molar-refractivity contribution in [2.24, 2.45) is 0 Å². The van der Waals surface area contributed by atoms with Gasteiger partial charge >= 0.3 is 0 Å². The Balaban J connectivity index is 1.45. The van der Waals surface area contributed by atoms with Crippen molar-refractivity contribution in [3.05, 3.63) is 53.6 Å². The van der Waals surface area contributed by atoms with Crippen molar-refractivity contribution in [2.75, 3.05) is 42.6 Å². The number of carbonyl (C=O) groups is 2. The molecule has 1 atom stereocenters. The number of nitrogens with zero attached hydrogens (tertiary/aromatic N) is 2. The van der Waals surface area contributed by atoms with E-state index < -0.39 is 0 Å². The topological polar surface area (TPSA) is 54.3 Å². The molecule has 2 saturated heterocycles. The molecule has 2 aliphatic rings. The van der Waals surface area contributed by atoms with E-state index in [0.717, 1.165) is 43.3 Å². The molecule has 0 radical (unpaired) electrons. The number of nitrogens with one attached hydrogen (secondary N) is 1. The van der Waals surface area contributed by atoms with Crippen LogP contribution in [-0.4, -0.2) is 50.6 Å². The van der Waals surface area contributed by atoms with E-state index in [2.05, 4.69) is 11.0 Å². The van der Waals surface area contributed by atoms with Gasteiger partial charge < -0.3 is 14.5 Å². The Hall–Kier alpha value is -2.57. The lowest BCUT2D eigenvalue weighted by molar-refractivity contribution is -0.915. The van der Waals surface area contributed by atoms with E-state index in [1.165, 1.54) is 9.80 Å². The summed E-state index contributed by atoms with van der Waals surface area (Å²) in [6.07, 6.45) is 1.10. The summed E-state index contributed by atoms with van der Waals surface area (Å²) in [5, 5.41) is 0.721. The Kier molecular flexibility index (Phi) is 6.25. The van der Waals surface area contributed by atoms with Crippen molar-refractivity contribution in [3.63, 3.8) is 0 Å². The first-order valence-corrected chi connectivity index (χ1v) is 10.9. The number of quaternary nitrogens is 1. The minimum Gasteiger partial charge on any atom is -0.491 e. The Morgan fingerprint density at radius 3 is 2.60 bits per heavy atom. The number of para-hydroxylation sites is 2. The summed E-state index contributed by atoms with van der Waals surface area (Å²) in [6.45, 7) is 5.83. The van der Waals surface area contributed by atoms with Gasteiger partial charge in [0, 0.05) is 10.7 Å². The zero-order valence-corrected chi connectivity index (χ0v) is 17.9. The summed E-state index contributed by atoms with van der Waals surface area (Å²) < 4.78 is 5.78. The fraction of sp³-hybridized carbons (Fsp3) is 0.391. The molecule has 1 N–H and O–H groups in total. The first-order valence-electron chi connectivity index (χ1n) is 10.5. The van der Waals surface area contributed by atoms with E-state index >= 15 is 0 Å². The van der Waals surface area contributed by atoms with Crippen LogP contribution < -0.4 is 19.4 Å². The highest BCUT2D eigenvalue weighted by molar-refractivity contribution is 6.30. The van der Waals surface area contributed by atoms with Gasteiger partial charge in [-0.2, -0.15) is 0 Å². The third-order valence-electron chi connectivity index (χ3n) is 5.79. The van der Waals surface area contributed by atoms with E-state index in [0.29, 0.717) is 18.0 Å². The van der Waals surface area contributed by atoms with Crippen LogP contribution in [0.5, 0.6) is 5.75 Å². The molecule has 158 valence electrons. The summed E-state index contributed by atoms with van der Waals surface area (Å²) in [5.74, 6) is 0.309. The highest BCUT2D eigenvalue weighted by atomic mass is 35.5. The average molecular weight is 429 g/mol. The lowest BCUT2D eigenvalue weighted by Gasteiger charge is -2.35. The van der Waals surface area contributed by atoms with Crippen LogP contribution in [0.15, 0.2) is 48.5 Å². The fourth-order valence-corrected chi connectivity index (χ4v) is 4.44. The molecule has 2 aromatic rings. The number of anilines is 2. The Bertz CT molecular complexity index is 927. The molecule has 0 saturated carbocycles. The third kappa shape index (κ3) is 4.16. The van der Waals surface area contributed by atoms with Crippen LogP contribution in [0.2, 0.25) is 5.02 Å².